The molecule has 2 aromatic heterocycles. The van der Waals surface area contributed by atoms with Crippen molar-refractivity contribution in [2.75, 3.05) is 0 Å². The van der Waals surface area contributed by atoms with E-state index < -0.39 is 12.1 Å². The Morgan fingerprint density at radius 1 is 1.03 bits per heavy atom. The molecule has 30 heavy (non-hydrogen) atoms. The quantitative estimate of drug-likeness (QED) is 0.422. The lowest BCUT2D eigenvalue weighted by Crippen LogP contribution is -2.26. The van der Waals surface area contributed by atoms with Gasteiger partial charge in [0.15, 0.2) is 12.7 Å². The lowest BCUT2D eigenvalue weighted by atomic mass is 10.1. The predicted octanol–water partition coefficient (Wildman–Crippen LogP) is 4.21. The van der Waals surface area contributed by atoms with Crippen LogP contribution in [0.15, 0.2) is 69.6 Å². The van der Waals surface area contributed by atoms with Crippen LogP contribution in [0.2, 0.25) is 0 Å². The van der Waals surface area contributed by atoms with Crippen molar-refractivity contribution in [2.45, 2.75) is 26.6 Å². The van der Waals surface area contributed by atoms with E-state index in [1.165, 1.54) is 0 Å². The van der Waals surface area contributed by atoms with Gasteiger partial charge in [-0.2, -0.15) is 0 Å². The number of nitrogens with zero attached hydrogens (tertiary/aromatic N) is 3. The van der Waals surface area contributed by atoms with E-state index in [1.54, 1.807) is 26.0 Å². The van der Waals surface area contributed by atoms with Gasteiger partial charge in [-0.1, -0.05) is 53.7 Å². The Balaban J connectivity index is 1.43. The molecule has 2 aromatic carbocycles. The topological polar surface area (TPSA) is 100 Å². The molecule has 0 fully saturated rings. The highest BCUT2D eigenvalue weighted by molar-refractivity contribution is 5.77. The average molecular weight is 405 g/mol. The van der Waals surface area contributed by atoms with Gasteiger partial charge in [0, 0.05) is 5.56 Å². The van der Waals surface area contributed by atoms with E-state index in [4.69, 9.17) is 18.4 Å². The van der Waals surface area contributed by atoms with Crippen molar-refractivity contribution in [2.24, 2.45) is 0 Å². The molecule has 152 valence electrons. The molecule has 8 nitrogen and oxygen atoms in total. The van der Waals surface area contributed by atoms with Crippen LogP contribution < -0.4 is 4.74 Å². The fourth-order valence-corrected chi connectivity index (χ4v) is 2.83. The number of ether oxygens (including phenoxy) is 2. The van der Waals surface area contributed by atoms with Gasteiger partial charge in [0.1, 0.15) is 22.8 Å². The van der Waals surface area contributed by atoms with Gasteiger partial charge in [0.05, 0.1) is 0 Å². The summed E-state index contributed by atoms with van der Waals surface area (Å²) in [5.41, 5.74) is 2.07. The standard InChI is InChI=1S/C22H19N3O5/c1-14-19(20(25-30-14)16-9-5-3-6-10-16)21-24-23-18(29-21)13-27-22(26)15(2)28-17-11-7-4-8-12-17/h3-12,15H,13H2,1-2H3. The van der Waals surface area contributed by atoms with Gasteiger partial charge in [0.2, 0.25) is 0 Å². The van der Waals surface area contributed by atoms with Crippen LogP contribution in [0.1, 0.15) is 18.6 Å². The zero-order valence-corrected chi connectivity index (χ0v) is 16.4. The fourth-order valence-electron chi connectivity index (χ4n) is 2.83. The number of esters is 1. The van der Waals surface area contributed by atoms with Gasteiger partial charge in [-0.3, -0.25) is 0 Å². The van der Waals surface area contributed by atoms with E-state index in [1.807, 2.05) is 48.5 Å². The molecule has 8 heteroatoms. The molecule has 4 aromatic rings. The number of hydrogen-bond donors (Lipinski definition) is 0. The van der Waals surface area contributed by atoms with Crippen LogP contribution in [0.3, 0.4) is 0 Å². The first-order valence-corrected chi connectivity index (χ1v) is 9.34. The van der Waals surface area contributed by atoms with Gasteiger partial charge in [-0.15, -0.1) is 10.2 Å². The summed E-state index contributed by atoms with van der Waals surface area (Å²) in [5, 5.41) is 12.1. The minimum atomic E-state index is -0.778. The van der Waals surface area contributed by atoms with Crippen LogP contribution in [0.4, 0.5) is 0 Å². The Bertz CT molecular complexity index is 1120. The lowest BCUT2D eigenvalue weighted by molar-refractivity contribution is -0.153. The highest BCUT2D eigenvalue weighted by Crippen LogP contribution is 2.33. The van der Waals surface area contributed by atoms with Crippen molar-refractivity contribution >= 4 is 5.97 Å². The van der Waals surface area contributed by atoms with Gasteiger partial charge >= 0.3 is 5.97 Å². The van der Waals surface area contributed by atoms with E-state index in [9.17, 15) is 4.79 Å². The van der Waals surface area contributed by atoms with E-state index >= 15 is 0 Å². The fraction of sp³-hybridized carbons (Fsp3) is 0.182. The smallest absolute Gasteiger partial charge is 0.347 e. The third-order valence-electron chi connectivity index (χ3n) is 4.32. The van der Waals surface area contributed by atoms with Gasteiger partial charge in [-0.05, 0) is 26.0 Å². The monoisotopic (exact) mass is 405 g/mol. The van der Waals surface area contributed by atoms with Crippen LogP contribution in [-0.4, -0.2) is 27.4 Å². The molecule has 0 bridgehead atoms. The molecule has 0 aliphatic rings. The second-order valence-corrected chi connectivity index (χ2v) is 6.51. The predicted molar refractivity (Wildman–Crippen MR) is 106 cm³/mol. The second-order valence-electron chi connectivity index (χ2n) is 6.51. The maximum absolute atomic E-state index is 12.2. The van der Waals surface area contributed by atoms with Crippen molar-refractivity contribution in [1.29, 1.82) is 0 Å². The number of rotatable bonds is 7. The Hall–Kier alpha value is -3.94. The highest BCUT2D eigenvalue weighted by Gasteiger charge is 2.23. The first-order chi connectivity index (χ1) is 14.6. The summed E-state index contributed by atoms with van der Waals surface area (Å²) in [7, 11) is 0. The molecule has 2 heterocycles. The van der Waals surface area contributed by atoms with Crippen LogP contribution >= 0.6 is 0 Å². The number of benzene rings is 2. The van der Waals surface area contributed by atoms with Crippen molar-refractivity contribution in [3.8, 4) is 28.5 Å². The molecule has 4 rings (SSSR count). The number of aryl methyl sites for hydroxylation is 1. The molecule has 1 unspecified atom stereocenters. The maximum Gasteiger partial charge on any atom is 0.347 e. The molecule has 0 radical (unpaired) electrons. The largest absolute Gasteiger partial charge is 0.479 e. The Morgan fingerprint density at radius 3 is 2.47 bits per heavy atom. The summed E-state index contributed by atoms with van der Waals surface area (Å²) in [6.45, 7) is 3.21. The number of carbonyl (C=O) groups excluding carboxylic acids is 1. The van der Waals surface area contributed by atoms with Crippen molar-refractivity contribution in [3.63, 3.8) is 0 Å². The summed E-state index contributed by atoms with van der Waals surface area (Å²) < 4.78 is 21.8. The average Bonchev–Trinajstić information content (AvgIpc) is 3.39. The summed E-state index contributed by atoms with van der Waals surface area (Å²) in [6.07, 6.45) is -0.778. The van der Waals surface area contributed by atoms with Gasteiger partial charge < -0.3 is 18.4 Å². The van der Waals surface area contributed by atoms with Crippen LogP contribution in [0.5, 0.6) is 5.75 Å². The first kappa shape index (κ1) is 19.4. The third-order valence-corrected chi connectivity index (χ3v) is 4.32. The summed E-state index contributed by atoms with van der Waals surface area (Å²) in [4.78, 5) is 12.2. The summed E-state index contributed by atoms with van der Waals surface area (Å²) in [6, 6.07) is 18.6. The Labute approximate surface area is 172 Å². The SMILES string of the molecule is Cc1onc(-c2ccccc2)c1-c1nnc(COC(=O)C(C)Oc2ccccc2)o1. The Morgan fingerprint density at radius 2 is 1.73 bits per heavy atom. The summed E-state index contributed by atoms with van der Waals surface area (Å²) >= 11 is 0. The molecule has 1 atom stereocenters. The van der Waals surface area contributed by atoms with Crippen molar-refractivity contribution < 1.29 is 23.2 Å². The van der Waals surface area contributed by atoms with E-state index in [-0.39, 0.29) is 18.4 Å². The first-order valence-electron chi connectivity index (χ1n) is 9.34. The van der Waals surface area contributed by atoms with E-state index in [0.29, 0.717) is 22.8 Å². The third kappa shape index (κ3) is 4.22. The second kappa shape index (κ2) is 8.60. The molecular weight excluding hydrogens is 386 g/mol. The number of hydrogen-bond acceptors (Lipinski definition) is 8. The van der Waals surface area contributed by atoms with Crippen LogP contribution in [0.25, 0.3) is 22.7 Å². The molecule has 0 N–H and O–H groups in total. The Kier molecular flexibility index (Phi) is 5.56. The zero-order valence-electron chi connectivity index (χ0n) is 16.4. The number of para-hydroxylation sites is 1. The van der Waals surface area contributed by atoms with Gasteiger partial charge in [0.25, 0.3) is 11.8 Å². The molecule has 0 aliphatic heterocycles. The molecule has 0 saturated carbocycles. The van der Waals surface area contributed by atoms with Crippen LogP contribution in [0, 0.1) is 6.92 Å². The van der Waals surface area contributed by atoms with E-state index in [2.05, 4.69) is 15.4 Å². The lowest BCUT2D eigenvalue weighted by Gasteiger charge is -2.12. The minimum absolute atomic E-state index is 0.157. The van der Waals surface area contributed by atoms with Crippen molar-refractivity contribution in [1.82, 2.24) is 15.4 Å². The summed E-state index contributed by atoms with van der Waals surface area (Å²) in [5.74, 6) is 0.992. The van der Waals surface area contributed by atoms with Crippen LogP contribution in [-0.2, 0) is 16.1 Å². The van der Waals surface area contributed by atoms with Crippen molar-refractivity contribution in [3.05, 3.63) is 72.3 Å². The maximum atomic E-state index is 12.2. The highest BCUT2D eigenvalue weighted by atomic mass is 16.6. The minimum Gasteiger partial charge on any atom is -0.479 e. The van der Waals surface area contributed by atoms with E-state index in [0.717, 1.165) is 5.56 Å². The normalized spacial score (nSPS) is 11.8. The molecule has 0 saturated heterocycles. The zero-order chi connectivity index (χ0) is 20.9. The van der Waals surface area contributed by atoms with Gasteiger partial charge in [-0.25, -0.2) is 4.79 Å². The molecule has 0 amide bonds. The number of aromatic nitrogens is 3. The molecular formula is C22H19N3O5. The molecule has 0 aliphatic carbocycles. The molecule has 0 spiro atoms. The number of carbonyl (C=O) groups is 1.